The minimum atomic E-state index is 0.224. The molecular weight excluding hydrogens is 282 g/mol. The first-order valence-corrected chi connectivity index (χ1v) is 8.79. The highest BCUT2D eigenvalue weighted by Gasteiger charge is 2.27. The maximum atomic E-state index is 12.3. The zero-order valence-corrected chi connectivity index (χ0v) is 13.6. The Labute approximate surface area is 131 Å². The first-order valence-electron chi connectivity index (χ1n) is 7.80. The number of likely N-dealkylation sites (tertiary alicyclic amines) is 1. The van der Waals surface area contributed by atoms with Crippen molar-refractivity contribution in [2.24, 2.45) is 0 Å². The van der Waals surface area contributed by atoms with E-state index in [1.165, 1.54) is 10.5 Å². The van der Waals surface area contributed by atoms with Crippen LogP contribution in [0.5, 0.6) is 0 Å². The standard InChI is InChI=1S/C17H25NO2S/c1-14-6-8-16(9-7-14)21-13-10-17(20)18-11-2-4-15(18)5-3-12-19/h6-9,15,19H,2-5,10-13H2,1H3. The third-order valence-corrected chi connectivity index (χ3v) is 5.01. The summed E-state index contributed by atoms with van der Waals surface area (Å²) < 4.78 is 0. The van der Waals surface area contributed by atoms with Crippen molar-refractivity contribution in [1.29, 1.82) is 0 Å². The quantitative estimate of drug-likeness (QED) is 0.786. The average molecular weight is 307 g/mol. The number of carbonyl (C=O) groups excluding carboxylic acids is 1. The fraction of sp³-hybridized carbons (Fsp3) is 0.588. The van der Waals surface area contributed by atoms with Gasteiger partial charge in [0.05, 0.1) is 0 Å². The molecule has 1 aromatic rings. The van der Waals surface area contributed by atoms with Crippen LogP contribution < -0.4 is 0 Å². The van der Waals surface area contributed by atoms with Crippen LogP contribution in [0.3, 0.4) is 0 Å². The number of hydrogen-bond acceptors (Lipinski definition) is 3. The molecule has 1 aromatic carbocycles. The zero-order valence-electron chi connectivity index (χ0n) is 12.8. The van der Waals surface area contributed by atoms with E-state index in [-0.39, 0.29) is 12.5 Å². The van der Waals surface area contributed by atoms with Gasteiger partial charge in [0.25, 0.3) is 0 Å². The summed E-state index contributed by atoms with van der Waals surface area (Å²) in [5, 5.41) is 8.93. The van der Waals surface area contributed by atoms with Gasteiger partial charge in [-0.05, 0) is 44.7 Å². The average Bonchev–Trinajstić information content (AvgIpc) is 2.95. The fourth-order valence-corrected chi connectivity index (χ4v) is 3.67. The molecule has 1 fully saturated rings. The van der Waals surface area contributed by atoms with Gasteiger partial charge < -0.3 is 10.0 Å². The number of thioether (sulfide) groups is 1. The molecule has 1 aliphatic heterocycles. The molecule has 0 spiro atoms. The van der Waals surface area contributed by atoms with Gasteiger partial charge in [-0.1, -0.05) is 17.7 Å². The van der Waals surface area contributed by atoms with E-state index >= 15 is 0 Å². The normalized spacial score (nSPS) is 18.2. The van der Waals surface area contributed by atoms with Crippen LogP contribution in [0, 0.1) is 6.92 Å². The fourth-order valence-electron chi connectivity index (χ4n) is 2.83. The summed E-state index contributed by atoms with van der Waals surface area (Å²) in [4.78, 5) is 15.6. The minimum absolute atomic E-state index is 0.224. The Morgan fingerprint density at radius 2 is 2.14 bits per heavy atom. The molecule has 0 aromatic heterocycles. The molecular formula is C17H25NO2S. The molecule has 0 aliphatic carbocycles. The first kappa shape index (κ1) is 16.4. The van der Waals surface area contributed by atoms with Crippen molar-refractivity contribution >= 4 is 17.7 Å². The molecule has 2 rings (SSSR count). The van der Waals surface area contributed by atoms with Crippen LogP contribution in [0.2, 0.25) is 0 Å². The van der Waals surface area contributed by atoms with Gasteiger partial charge in [-0.2, -0.15) is 0 Å². The third-order valence-electron chi connectivity index (χ3n) is 4.00. The van der Waals surface area contributed by atoms with Crippen molar-refractivity contribution in [2.75, 3.05) is 18.9 Å². The lowest BCUT2D eigenvalue weighted by Gasteiger charge is -2.24. The van der Waals surface area contributed by atoms with Crippen molar-refractivity contribution in [3.8, 4) is 0 Å². The van der Waals surface area contributed by atoms with Crippen molar-refractivity contribution in [3.05, 3.63) is 29.8 Å². The summed E-state index contributed by atoms with van der Waals surface area (Å²) >= 11 is 1.75. The van der Waals surface area contributed by atoms with Crippen molar-refractivity contribution < 1.29 is 9.90 Å². The van der Waals surface area contributed by atoms with E-state index < -0.39 is 0 Å². The van der Waals surface area contributed by atoms with E-state index in [9.17, 15) is 4.79 Å². The van der Waals surface area contributed by atoms with E-state index in [2.05, 4.69) is 31.2 Å². The summed E-state index contributed by atoms with van der Waals surface area (Å²) in [6.07, 6.45) is 4.54. The molecule has 1 saturated heterocycles. The lowest BCUT2D eigenvalue weighted by Crippen LogP contribution is -2.35. The molecule has 1 N–H and O–H groups in total. The predicted octanol–water partition coefficient (Wildman–Crippen LogP) is 3.24. The lowest BCUT2D eigenvalue weighted by molar-refractivity contribution is -0.131. The number of aliphatic hydroxyl groups excluding tert-OH is 1. The highest BCUT2D eigenvalue weighted by molar-refractivity contribution is 7.99. The van der Waals surface area contributed by atoms with Crippen molar-refractivity contribution in [2.45, 2.75) is 50.0 Å². The van der Waals surface area contributed by atoms with E-state index in [0.29, 0.717) is 12.5 Å². The van der Waals surface area contributed by atoms with Crippen LogP contribution in [0.4, 0.5) is 0 Å². The van der Waals surface area contributed by atoms with Crippen LogP contribution in [0.15, 0.2) is 29.2 Å². The molecule has 1 atom stereocenters. The molecule has 1 heterocycles. The molecule has 21 heavy (non-hydrogen) atoms. The van der Waals surface area contributed by atoms with Gasteiger partial charge >= 0.3 is 0 Å². The molecule has 0 saturated carbocycles. The SMILES string of the molecule is Cc1ccc(SCCC(=O)N2CCCC2CCCO)cc1. The largest absolute Gasteiger partial charge is 0.396 e. The van der Waals surface area contributed by atoms with Crippen LogP contribution >= 0.6 is 11.8 Å². The summed E-state index contributed by atoms with van der Waals surface area (Å²) in [6, 6.07) is 8.80. The Kier molecular flexibility index (Phi) is 6.58. The predicted molar refractivity (Wildman–Crippen MR) is 87.6 cm³/mol. The molecule has 0 bridgehead atoms. The van der Waals surface area contributed by atoms with Crippen molar-refractivity contribution in [3.63, 3.8) is 0 Å². The minimum Gasteiger partial charge on any atom is -0.396 e. The Morgan fingerprint density at radius 1 is 1.38 bits per heavy atom. The van der Waals surface area contributed by atoms with E-state index in [1.807, 2.05) is 4.90 Å². The molecule has 116 valence electrons. The number of aliphatic hydroxyl groups is 1. The van der Waals surface area contributed by atoms with Crippen LogP contribution in [0.25, 0.3) is 0 Å². The summed E-state index contributed by atoms with van der Waals surface area (Å²) in [7, 11) is 0. The second-order valence-corrected chi connectivity index (χ2v) is 6.83. The Hall–Kier alpha value is -1.00. The van der Waals surface area contributed by atoms with Crippen molar-refractivity contribution in [1.82, 2.24) is 4.90 Å². The topological polar surface area (TPSA) is 40.5 Å². The van der Waals surface area contributed by atoms with E-state index in [0.717, 1.165) is 38.0 Å². The Bertz CT molecular complexity index is 447. The van der Waals surface area contributed by atoms with Gasteiger partial charge in [-0.15, -0.1) is 11.8 Å². The monoisotopic (exact) mass is 307 g/mol. The first-order chi connectivity index (χ1) is 10.2. The van der Waals surface area contributed by atoms with E-state index in [4.69, 9.17) is 5.11 Å². The summed E-state index contributed by atoms with van der Waals surface area (Å²) in [5.74, 6) is 1.11. The van der Waals surface area contributed by atoms with Gasteiger partial charge in [0.2, 0.25) is 5.91 Å². The van der Waals surface area contributed by atoms with Gasteiger partial charge in [0, 0.05) is 36.3 Å². The Morgan fingerprint density at radius 3 is 2.86 bits per heavy atom. The number of amides is 1. The summed E-state index contributed by atoms with van der Waals surface area (Å²) in [5.41, 5.74) is 1.26. The molecule has 0 radical (unpaired) electrons. The molecule has 3 nitrogen and oxygen atoms in total. The number of nitrogens with zero attached hydrogens (tertiary/aromatic N) is 1. The van der Waals surface area contributed by atoms with Gasteiger partial charge in [0.15, 0.2) is 0 Å². The maximum Gasteiger partial charge on any atom is 0.223 e. The van der Waals surface area contributed by atoms with E-state index in [1.54, 1.807) is 11.8 Å². The highest BCUT2D eigenvalue weighted by Crippen LogP contribution is 2.24. The Balaban J connectivity index is 1.74. The summed E-state index contributed by atoms with van der Waals surface area (Å²) in [6.45, 7) is 3.20. The molecule has 4 heteroatoms. The number of hydrogen-bond donors (Lipinski definition) is 1. The number of carbonyl (C=O) groups is 1. The van der Waals surface area contributed by atoms with Crippen LogP contribution in [0.1, 0.15) is 37.7 Å². The molecule has 1 amide bonds. The third kappa shape index (κ3) is 5.04. The smallest absolute Gasteiger partial charge is 0.223 e. The molecule has 1 aliphatic rings. The molecule has 1 unspecified atom stereocenters. The van der Waals surface area contributed by atoms with Crippen LogP contribution in [-0.2, 0) is 4.79 Å². The number of aryl methyl sites for hydroxylation is 1. The maximum absolute atomic E-state index is 12.3. The van der Waals surface area contributed by atoms with Gasteiger partial charge in [-0.3, -0.25) is 4.79 Å². The number of benzene rings is 1. The van der Waals surface area contributed by atoms with Gasteiger partial charge in [0.1, 0.15) is 0 Å². The second-order valence-electron chi connectivity index (χ2n) is 5.66. The second kappa shape index (κ2) is 8.44. The number of rotatable bonds is 7. The van der Waals surface area contributed by atoms with Gasteiger partial charge in [-0.25, -0.2) is 0 Å². The van der Waals surface area contributed by atoms with Crippen LogP contribution in [-0.4, -0.2) is 40.9 Å². The zero-order chi connectivity index (χ0) is 15.1. The highest BCUT2D eigenvalue weighted by atomic mass is 32.2. The lowest BCUT2D eigenvalue weighted by atomic mass is 10.1.